The number of anilines is 1. The van der Waals surface area contributed by atoms with Crippen LogP contribution in [0, 0.1) is 11.7 Å². The molecule has 3 aromatic carbocycles. The van der Waals surface area contributed by atoms with Gasteiger partial charge in [0.25, 0.3) is 0 Å². The highest BCUT2D eigenvalue weighted by Gasteiger charge is 2.47. The fourth-order valence-electron chi connectivity index (χ4n) is 6.00. The molecule has 2 aliphatic rings. The van der Waals surface area contributed by atoms with Gasteiger partial charge in [0.05, 0.1) is 22.6 Å². The van der Waals surface area contributed by atoms with E-state index in [4.69, 9.17) is 9.47 Å². The number of halogens is 1. The second-order valence-electron chi connectivity index (χ2n) is 12.1. The minimum atomic E-state index is -0.628. The summed E-state index contributed by atoms with van der Waals surface area (Å²) in [5, 5.41) is 24.7. The highest BCUT2D eigenvalue weighted by molar-refractivity contribution is 5.57. The Balaban J connectivity index is 1.31. The Hall–Kier alpha value is -3.97. The number of nitrogens with zero attached hydrogens (tertiary/aromatic N) is 1. The van der Waals surface area contributed by atoms with Crippen molar-refractivity contribution >= 4 is 5.69 Å². The lowest BCUT2D eigenvalue weighted by Gasteiger charge is -2.41. The van der Waals surface area contributed by atoms with Crippen LogP contribution in [0.2, 0.25) is 0 Å². The molecule has 0 amide bonds. The second-order valence-corrected chi connectivity index (χ2v) is 12.1. The molecule has 0 atom stereocenters. The molecule has 2 fully saturated rings. The topological polar surface area (TPSA) is 74.2 Å². The first-order chi connectivity index (χ1) is 20.6. The van der Waals surface area contributed by atoms with E-state index in [0.29, 0.717) is 54.8 Å². The van der Waals surface area contributed by atoms with Gasteiger partial charge in [0.15, 0.2) is 0 Å². The third kappa shape index (κ3) is 7.34. The first kappa shape index (κ1) is 30.5. The molecule has 0 aromatic heterocycles. The fraction of sp³-hybridized carbons (Fsp3) is 0.389. The second kappa shape index (κ2) is 12.7. The molecule has 1 heterocycles. The SMILES string of the molecule is C=C(Nc1cc(Oc2ccc(F)cc2)cc(Oc2ccc(C3(C(=C)O)CC3)cc2)c1)N1CCC(O)(CC(CC)CC)CC1. The van der Waals surface area contributed by atoms with E-state index in [-0.39, 0.29) is 17.0 Å². The van der Waals surface area contributed by atoms with Crippen LogP contribution in [0.5, 0.6) is 23.0 Å². The molecule has 228 valence electrons. The lowest BCUT2D eigenvalue weighted by atomic mass is 9.81. The summed E-state index contributed by atoms with van der Waals surface area (Å²) in [6.45, 7) is 13.9. The third-order valence-electron chi connectivity index (χ3n) is 9.06. The zero-order valence-corrected chi connectivity index (χ0v) is 25.2. The van der Waals surface area contributed by atoms with Crippen LogP contribution in [0.15, 0.2) is 91.5 Å². The van der Waals surface area contributed by atoms with Gasteiger partial charge in [-0.3, -0.25) is 0 Å². The van der Waals surface area contributed by atoms with E-state index < -0.39 is 5.60 Å². The standard InChI is InChI=1S/C36H43FN2O4/c1-5-27(6-2)24-35(41)17-19-39(20-18-35)26(4)38-30-21-33(23-34(22-30)43-32-13-9-29(37)10-14-32)42-31-11-7-28(8-12-31)36(15-16-36)25(3)40/h7-14,21-23,27,38,40-41H,3-6,15-20,24H2,1-2H3. The number of piperidine rings is 1. The molecule has 3 aromatic rings. The van der Waals surface area contributed by atoms with Crippen LogP contribution in [0.1, 0.15) is 64.4 Å². The van der Waals surface area contributed by atoms with Crippen molar-refractivity contribution in [2.45, 2.75) is 69.8 Å². The number of rotatable bonds is 13. The van der Waals surface area contributed by atoms with Crippen molar-refractivity contribution in [3.63, 3.8) is 0 Å². The van der Waals surface area contributed by atoms with Crippen molar-refractivity contribution in [1.29, 1.82) is 0 Å². The number of hydrogen-bond donors (Lipinski definition) is 3. The quantitative estimate of drug-likeness (QED) is 0.174. The predicted octanol–water partition coefficient (Wildman–Crippen LogP) is 9.05. The van der Waals surface area contributed by atoms with Gasteiger partial charge >= 0.3 is 0 Å². The summed E-state index contributed by atoms with van der Waals surface area (Å²) in [5.41, 5.74) is 0.781. The van der Waals surface area contributed by atoms with E-state index in [9.17, 15) is 14.6 Å². The molecular weight excluding hydrogens is 543 g/mol. The van der Waals surface area contributed by atoms with Crippen LogP contribution in [0.25, 0.3) is 0 Å². The number of nitrogens with one attached hydrogen (secondary N) is 1. The van der Waals surface area contributed by atoms with Gasteiger partial charge in [-0.1, -0.05) is 52.0 Å². The Morgan fingerprint density at radius 2 is 1.40 bits per heavy atom. The maximum atomic E-state index is 13.5. The normalized spacial score (nSPS) is 16.9. The summed E-state index contributed by atoms with van der Waals surface area (Å²) in [6, 6.07) is 19.1. The van der Waals surface area contributed by atoms with Crippen molar-refractivity contribution in [2.75, 3.05) is 18.4 Å². The zero-order chi connectivity index (χ0) is 30.6. The van der Waals surface area contributed by atoms with Gasteiger partial charge < -0.3 is 29.9 Å². The molecule has 0 spiro atoms. The van der Waals surface area contributed by atoms with E-state index in [1.807, 2.05) is 36.4 Å². The molecule has 7 heteroatoms. The molecule has 1 aliphatic heterocycles. The molecular formula is C36H43FN2O4. The number of benzene rings is 3. The Kier molecular flexibility index (Phi) is 9.02. The van der Waals surface area contributed by atoms with E-state index in [1.54, 1.807) is 18.2 Å². The number of likely N-dealkylation sites (tertiary alicyclic amines) is 1. The number of aliphatic hydroxyl groups excluding tert-OH is 1. The monoisotopic (exact) mass is 586 g/mol. The zero-order valence-electron chi connectivity index (χ0n) is 25.2. The summed E-state index contributed by atoms with van der Waals surface area (Å²) < 4.78 is 25.8. The Morgan fingerprint density at radius 3 is 1.88 bits per heavy atom. The summed E-state index contributed by atoms with van der Waals surface area (Å²) in [4.78, 5) is 2.16. The number of ether oxygens (including phenoxy) is 2. The molecule has 1 saturated carbocycles. The van der Waals surface area contributed by atoms with Gasteiger partial charge in [0, 0.05) is 37.0 Å². The van der Waals surface area contributed by atoms with Crippen molar-refractivity contribution in [2.24, 2.45) is 5.92 Å². The van der Waals surface area contributed by atoms with E-state index >= 15 is 0 Å². The number of allylic oxidation sites excluding steroid dienone is 1. The van der Waals surface area contributed by atoms with Gasteiger partial charge in [0.1, 0.15) is 28.8 Å². The summed E-state index contributed by atoms with van der Waals surface area (Å²) >= 11 is 0. The minimum Gasteiger partial charge on any atom is -0.512 e. The number of aliphatic hydroxyl groups is 2. The molecule has 5 rings (SSSR count). The van der Waals surface area contributed by atoms with Crippen molar-refractivity contribution in [3.8, 4) is 23.0 Å². The minimum absolute atomic E-state index is 0.201. The number of hydrogen-bond acceptors (Lipinski definition) is 6. The molecule has 0 unspecified atom stereocenters. The average molecular weight is 587 g/mol. The predicted molar refractivity (Wildman–Crippen MR) is 169 cm³/mol. The maximum Gasteiger partial charge on any atom is 0.133 e. The Morgan fingerprint density at radius 1 is 0.860 bits per heavy atom. The molecule has 1 aliphatic carbocycles. The van der Waals surface area contributed by atoms with Crippen molar-refractivity contribution in [3.05, 3.63) is 103 Å². The van der Waals surface area contributed by atoms with Crippen LogP contribution < -0.4 is 14.8 Å². The first-order valence-corrected chi connectivity index (χ1v) is 15.3. The maximum absolute atomic E-state index is 13.5. The summed E-state index contributed by atoms with van der Waals surface area (Å²) in [7, 11) is 0. The summed E-state index contributed by atoms with van der Waals surface area (Å²) in [5.74, 6) is 3.35. The van der Waals surface area contributed by atoms with Crippen LogP contribution in [-0.2, 0) is 5.41 Å². The van der Waals surface area contributed by atoms with Gasteiger partial charge in [-0.15, -0.1) is 0 Å². The molecule has 1 saturated heterocycles. The van der Waals surface area contributed by atoms with Gasteiger partial charge in [-0.2, -0.15) is 0 Å². The van der Waals surface area contributed by atoms with E-state index in [0.717, 1.165) is 49.2 Å². The molecule has 6 nitrogen and oxygen atoms in total. The smallest absolute Gasteiger partial charge is 0.133 e. The van der Waals surface area contributed by atoms with Crippen LogP contribution in [0.3, 0.4) is 0 Å². The molecule has 0 radical (unpaired) electrons. The highest BCUT2D eigenvalue weighted by Crippen LogP contribution is 2.52. The van der Waals surface area contributed by atoms with Gasteiger partial charge in [-0.05, 0) is 80.0 Å². The van der Waals surface area contributed by atoms with Crippen LogP contribution in [-0.4, -0.2) is 33.8 Å². The largest absolute Gasteiger partial charge is 0.512 e. The Labute approximate surface area is 254 Å². The fourth-order valence-corrected chi connectivity index (χ4v) is 6.00. The lowest BCUT2D eigenvalue weighted by Crippen LogP contribution is -2.45. The molecule has 3 N–H and O–H groups in total. The van der Waals surface area contributed by atoms with Gasteiger partial charge in [0.2, 0.25) is 0 Å². The average Bonchev–Trinajstić information content (AvgIpc) is 3.80. The van der Waals surface area contributed by atoms with E-state index in [1.165, 1.54) is 12.1 Å². The van der Waals surface area contributed by atoms with E-state index in [2.05, 4.69) is 37.2 Å². The van der Waals surface area contributed by atoms with Crippen LogP contribution in [0.4, 0.5) is 10.1 Å². The van der Waals surface area contributed by atoms with Crippen molar-refractivity contribution < 1.29 is 24.1 Å². The third-order valence-corrected chi connectivity index (χ3v) is 9.06. The van der Waals surface area contributed by atoms with Crippen LogP contribution >= 0.6 is 0 Å². The highest BCUT2D eigenvalue weighted by atomic mass is 19.1. The first-order valence-electron chi connectivity index (χ1n) is 15.3. The summed E-state index contributed by atoms with van der Waals surface area (Å²) in [6.07, 6.45) is 6.19. The van der Waals surface area contributed by atoms with Crippen molar-refractivity contribution in [1.82, 2.24) is 4.90 Å². The Bertz CT molecular complexity index is 1420. The van der Waals surface area contributed by atoms with Gasteiger partial charge in [-0.25, -0.2) is 4.39 Å². The molecule has 0 bridgehead atoms. The molecule has 43 heavy (non-hydrogen) atoms. The lowest BCUT2D eigenvalue weighted by molar-refractivity contribution is -0.0333.